The standard InChI is InChI=1S/C19H16ClN5O3S2/c1-12-17(18(26)24-30(2,27)28)23-19(29-12)25(11-15-6-5-14(20)10-22-15)16-7-3-13(9-21)4-8-16/h3-8,10H,11H2,1-2H3,(H,24,26). The third-order valence-electron chi connectivity index (χ3n) is 3.93. The fourth-order valence-corrected chi connectivity index (χ4v) is 4.04. The molecule has 0 bridgehead atoms. The first-order valence-corrected chi connectivity index (χ1v) is 11.6. The maximum absolute atomic E-state index is 12.3. The summed E-state index contributed by atoms with van der Waals surface area (Å²) in [7, 11) is -3.71. The highest BCUT2D eigenvalue weighted by atomic mass is 35.5. The van der Waals surface area contributed by atoms with E-state index in [1.165, 1.54) is 17.5 Å². The predicted octanol–water partition coefficient (Wildman–Crippen LogP) is 3.40. The Hall–Kier alpha value is -3.00. The Morgan fingerprint density at radius 3 is 2.53 bits per heavy atom. The topological polar surface area (TPSA) is 116 Å². The molecule has 3 rings (SSSR count). The molecule has 2 heterocycles. The molecule has 0 aliphatic carbocycles. The zero-order chi connectivity index (χ0) is 21.9. The lowest BCUT2D eigenvalue weighted by Crippen LogP contribution is -2.30. The number of nitriles is 1. The van der Waals surface area contributed by atoms with Gasteiger partial charge in [-0.25, -0.2) is 18.1 Å². The molecule has 2 aromatic heterocycles. The van der Waals surface area contributed by atoms with E-state index in [2.05, 4.69) is 16.0 Å². The van der Waals surface area contributed by atoms with Crippen LogP contribution < -0.4 is 9.62 Å². The van der Waals surface area contributed by atoms with Crippen LogP contribution in [-0.2, 0) is 16.6 Å². The number of amides is 1. The van der Waals surface area contributed by atoms with Crippen LogP contribution in [0.25, 0.3) is 0 Å². The first-order chi connectivity index (χ1) is 14.2. The second-order valence-electron chi connectivity index (χ2n) is 6.32. The van der Waals surface area contributed by atoms with Gasteiger partial charge in [-0.3, -0.25) is 9.78 Å². The van der Waals surface area contributed by atoms with Crippen LogP contribution in [0.2, 0.25) is 5.02 Å². The average molecular weight is 462 g/mol. The highest BCUT2D eigenvalue weighted by Gasteiger charge is 2.22. The summed E-state index contributed by atoms with van der Waals surface area (Å²) in [6, 6.07) is 12.4. The third kappa shape index (κ3) is 5.33. The van der Waals surface area contributed by atoms with Gasteiger partial charge in [-0.1, -0.05) is 11.6 Å². The van der Waals surface area contributed by atoms with Gasteiger partial charge in [0.2, 0.25) is 10.0 Å². The number of hydrogen-bond acceptors (Lipinski definition) is 8. The van der Waals surface area contributed by atoms with Crippen LogP contribution in [0, 0.1) is 18.3 Å². The fraction of sp³-hybridized carbons (Fsp3) is 0.158. The average Bonchev–Trinajstić information content (AvgIpc) is 3.08. The number of aryl methyl sites for hydroxylation is 1. The molecule has 0 unspecified atom stereocenters. The summed E-state index contributed by atoms with van der Waals surface area (Å²) in [6.07, 6.45) is 2.44. The molecule has 1 aromatic carbocycles. The molecule has 1 amide bonds. The maximum Gasteiger partial charge on any atom is 0.284 e. The largest absolute Gasteiger partial charge is 0.312 e. The number of thiazole rings is 1. The van der Waals surface area contributed by atoms with Crippen molar-refractivity contribution < 1.29 is 13.2 Å². The lowest BCUT2D eigenvalue weighted by Gasteiger charge is -2.21. The third-order valence-corrected chi connectivity index (χ3v) is 5.70. The van der Waals surface area contributed by atoms with E-state index >= 15 is 0 Å². The molecule has 0 atom stereocenters. The summed E-state index contributed by atoms with van der Waals surface area (Å²) in [5.74, 6) is -0.790. The summed E-state index contributed by atoms with van der Waals surface area (Å²) < 4.78 is 24.7. The van der Waals surface area contributed by atoms with Gasteiger partial charge in [-0.2, -0.15) is 5.26 Å². The minimum absolute atomic E-state index is 0.0307. The lowest BCUT2D eigenvalue weighted by molar-refractivity contribution is 0.0977. The van der Waals surface area contributed by atoms with E-state index in [4.69, 9.17) is 16.9 Å². The Balaban J connectivity index is 2.01. The second kappa shape index (κ2) is 8.79. The molecule has 30 heavy (non-hydrogen) atoms. The molecular formula is C19H16ClN5O3S2. The normalized spacial score (nSPS) is 11.0. The zero-order valence-corrected chi connectivity index (χ0v) is 18.3. The number of halogens is 1. The number of anilines is 2. The highest BCUT2D eigenvalue weighted by molar-refractivity contribution is 7.89. The van der Waals surface area contributed by atoms with E-state index in [-0.39, 0.29) is 5.69 Å². The number of nitrogens with one attached hydrogen (secondary N) is 1. The van der Waals surface area contributed by atoms with E-state index in [1.54, 1.807) is 43.3 Å². The van der Waals surface area contributed by atoms with Crippen molar-refractivity contribution in [3.05, 3.63) is 69.4 Å². The number of nitrogens with zero attached hydrogens (tertiary/aromatic N) is 4. The maximum atomic E-state index is 12.3. The highest BCUT2D eigenvalue weighted by Crippen LogP contribution is 2.33. The van der Waals surface area contributed by atoms with E-state index in [1.807, 2.05) is 9.62 Å². The van der Waals surface area contributed by atoms with Gasteiger partial charge in [0.25, 0.3) is 5.91 Å². The Morgan fingerprint density at radius 2 is 1.97 bits per heavy atom. The van der Waals surface area contributed by atoms with Crippen LogP contribution in [-0.4, -0.2) is 30.5 Å². The van der Waals surface area contributed by atoms with Crippen LogP contribution >= 0.6 is 22.9 Å². The molecule has 154 valence electrons. The molecule has 0 fully saturated rings. The van der Waals surface area contributed by atoms with Crippen molar-refractivity contribution in [3.63, 3.8) is 0 Å². The van der Waals surface area contributed by atoms with Gasteiger partial charge in [0.1, 0.15) is 5.69 Å². The molecule has 0 saturated carbocycles. The Kier molecular flexibility index (Phi) is 6.36. The van der Waals surface area contributed by atoms with Gasteiger partial charge in [-0.15, -0.1) is 11.3 Å². The van der Waals surface area contributed by atoms with Gasteiger partial charge in [0, 0.05) is 16.8 Å². The Morgan fingerprint density at radius 1 is 1.27 bits per heavy atom. The number of carbonyl (C=O) groups is 1. The predicted molar refractivity (Wildman–Crippen MR) is 115 cm³/mol. The van der Waals surface area contributed by atoms with Gasteiger partial charge in [0.05, 0.1) is 35.1 Å². The Bertz CT molecular complexity index is 1220. The van der Waals surface area contributed by atoms with Crippen LogP contribution in [0.5, 0.6) is 0 Å². The molecule has 0 radical (unpaired) electrons. The summed E-state index contributed by atoms with van der Waals surface area (Å²) in [5, 5.41) is 10.0. The van der Waals surface area contributed by atoms with Crippen molar-refractivity contribution in [3.8, 4) is 6.07 Å². The molecule has 1 N–H and O–H groups in total. The van der Waals surface area contributed by atoms with Gasteiger partial charge in [-0.05, 0) is 43.3 Å². The van der Waals surface area contributed by atoms with E-state index in [9.17, 15) is 13.2 Å². The van der Waals surface area contributed by atoms with Crippen LogP contribution in [0.4, 0.5) is 10.8 Å². The monoisotopic (exact) mass is 461 g/mol. The minimum Gasteiger partial charge on any atom is -0.312 e. The summed E-state index contributed by atoms with van der Waals surface area (Å²) >= 11 is 7.16. The van der Waals surface area contributed by atoms with Crippen molar-refractivity contribution >= 4 is 49.7 Å². The molecule has 0 saturated heterocycles. The number of hydrogen-bond donors (Lipinski definition) is 1. The van der Waals surface area contributed by atoms with Crippen molar-refractivity contribution in [1.29, 1.82) is 5.26 Å². The number of sulfonamides is 1. The smallest absolute Gasteiger partial charge is 0.284 e. The molecule has 8 nitrogen and oxygen atoms in total. The van der Waals surface area contributed by atoms with Crippen LogP contribution in [0.15, 0.2) is 42.6 Å². The first kappa shape index (κ1) is 21.7. The molecule has 0 aliphatic rings. The molecular weight excluding hydrogens is 446 g/mol. The summed E-state index contributed by atoms with van der Waals surface area (Å²) in [6.45, 7) is 2.01. The Labute approximate surface area is 182 Å². The van der Waals surface area contributed by atoms with Gasteiger partial charge >= 0.3 is 0 Å². The molecule has 0 spiro atoms. The van der Waals surface area contributed by atoms with Crippen LogP contribution in [0.3, 0.4) is 0 Å². The van der Waals surface area contributed by atoms with Gasteiger partial charge < -0.3 is 4.90 Å². The quantitative estimate of drug-likeness (QED) is 0.597. The van der Waals surface area contributed by atoms with E-state index < -0.39 is 15.9 Å². The summed E-state index contributed by atoms with van der Waals surface area (Å²) in [5.41, 5.74) is 1.98. The number of pyridine rings is 1. The van der Waals surface area contributed by atoms with Crippen molar-refractivity contribution in [2.24, 2.45) is 0 Å². The zero-order valence-electron chi connectivity index (χ0n) is 16.0. The molecule has 11 heteroatoms. The SMILES string of the molecule is Cc1sc(N(Cc2ccc(Cl)cn2)c2ccc(C#N)cc2)nc1C(=O)NS(C)(=O)=O. The number of rotatable bonds is 6. The summed E-state index contributed by atoms with van der Waals surface area (Å²) in [4.78, 5) is 23.4. The second-order valence-corrected chi connectivity index (χ2v) is 9.68. The van der Waals surface area contributed by atoms with Gasteiger partial charge in [0.15, 0.2) is 5.13 Å². The van der Waals surface area contributed by atoms with Crippen molar-refractivity contribution in [1.82, 2.24) is 14.7 Å². The van der Waals surface area contributed by atoms with E-state index in [0.29, 0.717) is 32.8 Å². The molecule has 0 aliphatic heterocycles. The molecule has 3 aromatic rings. The number of carbonyl (C=O) groups excluding carboxylic acids is 1. The fourth-order valence-electron chi connectivity index (χ4n) is 2.57. The lowest BCUT2D eigenvalue weighted by atomic mass is 10.2. The minimum atomic E-state index is -3.71. The van der Waals surface area contributed by atoms with Crippen LogP contribution in [0.1, 0.15) is 26.6 Å². The van der Waals surface area contributed by atoms with Crippen molar-refractivity contribution in [2.75, 3.05) is 11.2 Å². The van der Waals surface area contributed by atoms with Crippen molar-refractivity contribution in [2.45, 2.75) is 13.5 Å². The first-order valence-electron chi connectivity index (χ1n) is 8.54. The number of aromatic nitrogens is 2. The number of benzene rings is 1. The van der Waals surface area contributed by atoms with E-state index in [0.717, 1.165) is 11.9 Å².